The van der Waals surface area contributed by atoms with Crippen LogP contribution in [0.4, 0.5) is 29.2 Å². The van der Waals surface area contributed by atoms with Crippen molar-refractivity contribution in [2.24, 2.45) is 0 Å². The van der Waals surface area contributed by atoms with Gasteiger partial charge in [-0.15, -0.1) is 0 Å². The van der Waals surface area contributed by atoms with E-state index in [1.165, 1.54) is 6.07 Å². The van der Waals surface area contributed by atoms with Crippen molar-refractivity contribution in [2.75, 3.05) is 42.9 Å². The Labute approximate surface area is 182 Å². The molecule has 0 unspecified atom stereocenters. The minimum atomic E-state index is -2.56. The van der Waals surface area contributed by atoms with Gasteiger partial charge in [0.1, 0.15) is 11.6 Å². The molecule has 3 aromatic rings. The third kappa shape index (κ3) is 4.89. The highest BCUT2D eigenvalue weighted by Crippen LogP contribution is 2.27. The van der Waals surface area contributed by atoms with E-state index in [2.05, 4.69) is 21.4 Å². The molecule has 0 radical (unpaired) electrons. The van der Waals surface area contributed by atoms with Crippen LogP contribution in [0.3, 0.4) is 0 Å². The molecule has 0 aliphatic carbocycles. The zero-order valence-electron chi connectivity index (χ0n) is 17.0. The topological polar surface area (TPSA) is 68.1 Å². The average Bonchev–Trinajstić information content (AvgIpc) is 2.79. The van der Waals surface area contributed by atoms with E-state index in [9.17, 15) is 17.6 Å². The van der Waals surface area contributed by atoms with Crippen molar-refractivity contribution >= 4 is 22.7 Å². The van der Waals surface area contributed by atoms with Gasteiger partial charge in [-0.3, -0.25) is 4.90 Å². The highest BCUT2D eigenvalue weighted by Gasteiger charge is 2.23. The molecule has 6 nitrogen and oxygen atoms in total. The Balaban J connectivity index is 1.55. The number of halogens is 4. The number of hydrogen-bond donors (Lipinski definition) is 1. The maximum atomic E-state index is 14.0. The van der Waals surface area contributed by atoms with Gasteiger partial charge in [-0.2, -0.15) is 5.26 Å². The first-order valence-corrected chi connectivity index (χ1v) is 10.1. The first kappa shape index (κ1) is 21.8. The molecule has 1 saturated heterocycles. The zero-order chi connectivity index (χ0) is 22.7. The van der Waals surface area contributed by atoms with Crippen LogP contribution in [0.2, 0.25) is 0 Å². The first-order chi connectivity index (χ1) is 15.4. The molecule has 2 heterocycles. The highest BCUT2D eigenvalue weighted by atomic mass is 19.3. The molecular formula is C22H20F4N6. The Morgan fingerprint density at radius 1 is 1.00 bits per heavy atom. The summed E-state index contributed by atoms with van der Waals surface area (Å²) in [4.78, 5) is 12.9. The largest absolute Gasteiger partial charge is 0.361 e. The maximum Gasteiger partial charge on any atom is 0.255 e. The Morgan fingerprint density at radius 2 is 1.78 bits per heavy atom. The molecule has 0 amide bonds. The van der Waals surface area contributed by atoms with Crippen LogP contribution in [0.15, 0.2) is 36.4 Å². The summed E-state index contributed by atoms with van der Waals surface area (Å²) < 4.78 is 53.0. The number of nitriles is 1. The van der Waals surface area contributed by atoms with Crippen LogP contribution in [0, 0.1) is 23.0 Å². The van der Waals surface area contributed by atoms with E-state index in [-0.39, 0.29) is 17.9 Å². The van der Waals surface area contributed by atoms with Crippen LogP contribution in [0.1, 0.15) is 11.1 Å². The lowest BCUT2D eigenvalue weighted by Gasteiger charge is -2.36. The van der Waals surface area contributed by atoms with Gasteiger partial charge in [-0.05, 0) is 36.4 Å². The van der Waals surface area contributed by atoms with Crippen LogP contribution in [0.25, 0.3) is 11.0 Å². The van der Waals surface area contributed by atoms with Crippen LogP contribution in [-0.2, 0) is 6.54 Å². The fraction of sp³-hybridized carbons (Fsp3) is 0.318. The van der Waals surface area contributed by atoms with Gasteiger partial charge in [0, 0.05) is 38.3 Å². The summed E-state index contributed by atoms with van der Waals surface area (Å²) >= 11 is 0. The van der Waals surface area contributed by atoms with Gasteiger partial charge in [0.2, 0.25) is 0 Å². The summed E-state index contributed by atoms with van der Waals surface area (Å²) in [5.74, 6) is -0.282. The highest BCUT2D eigenvalue weighted by molar-refractivity contribution is 5.81. The van der Waals surface area contributed by atoms with Crippen molar-refractivity contribution < 1.29 is 17.6 Å². The van der Waals surface area contributed by atoms with Crippen LogP contribution in [0.5, 0.6) is 0 Å². The standard InChI is InChI=1S/C22H20F4N6/c23-16-2-3-17(24)15(10-16)13-31-5-7-32(8-6-31)22-21(28-12-20(25)26)29-18-4-1-14(11-27)9-19(18)30-22/h1-4,9-10,20H,5-8,12-13H2,(H,28,29). The molecule has 0 saturated carbocycles. The molecule has 0 spiro atoms. The van der Waals surface area contributed by atoms with Crippen molar-refractivity contribution in [3.05, 3.63) is 59.2 Å². The number of benzene rings is 2. The summed E-state index contributed by atoms with van der Waals surface area (Å²) in [7, 11) is 0. The second-order valence-electron chi connectivity index (χ2n) is 7.48. The predicted molar refractivity (Wildman–Crippen MR) is 113 cm³/mol. The number of hydrogen-bond acceptors (Lipinski definition) is 6. The van der Waals surface area contributed by atoms with Gasteiger partial charge < -0.3 is 10.2 Å². The van der Waals surface area contributed by atoms with Gasteiger partial charge in [0.15, 0.2) is 11.6 Å². The number of anilines is 2. The second kappa shape index (κ2) is 9.36. The molecule has 32 heavy (non-hydrogen) atoms. The van der Waals surface area contributed by atoms with Gasteiger partial charge in [0.25, 0.3) is 6.43 Å². The summed E-state index contributed by atoms with van der Waals surface area (Å²) in [5.41, 5.74) is 1.69. The Morgan fingerprint density at radius 3 is 2.50 bits per heavy atom. The van der Waals surface area contributed by atoms with Crippen molar-refractivity contribution in [1.82, 2.24) is 14.9 Å². The molecule has 1 aromatic heterocycles. The van der Waals surface area contributed by atoms with Gasteiger partial charge in [-0.25, -0.2) is 27.5 Å². The normalized spacial score (nSPS) is 14.7. The predicted octanol–water partition coefficient (Wildman–Crippen LogP) is 3.78. The molecule has 2 aromatic carbocycles. The third-order valence-electron chi connectivity index (χ3n) is 5.27. The van der Waals surface area contributed by atoms with E-state index >= 15 is 0 Å². The van der Waals surface area contributed by atoms with Gasteiger partial charge >= 0.3 is 0 Å². The lowest BCUT2D eigenvalue weighted by molar-refractivity contribution is 0.163. The fourth-order valence-electron chi connectivity index (χ4n) is 3.65. The molecule has 4 rings (SSSR count). The molecule has 1 fully saturated rings. The number of piperazine rings is 1. The summed E-state index contributed by atoms with van der Waals surface area (Å²) in [6.45, 7) is 1.78. The number of nitrogens with one attached hydrogen (secondary N) is 1. The Hall–Kier alpha value is -3.45. The molecule has 10 heteroatoms. The molecule has 0 atom stereocenters. The summed E-state index contributed by atoms with van der Waals surface area (Å²) in [6.07, 6.45) is -2.56. The number of aromatic nitrogens is 2. The molecule has 0 bridgehead atoms. The average molecular weight is 444 g/mol. The lowest BCUT2D eigenvalue weighted by atomic mass is 10.1. The van der Waals surface area contributed by atoms with Crippen molar-refractivity contribution in [2.45, 2.75) is 13.0 Å². The molecule has 1 aliphatic rings. The quantitative estimate of drug-likeness (QED) is 0.584. The first-order valence-electron chi connectivity index (χ1n) is 10.1. The molecular weight excluding hydrogens is 424 g/mol. The van der Waals surface area contributed by atoms with Crippen LogP contribution >= 0.6 is 0 Å². The second-order valence-corrected chi connectivity index (χ2v) is 7.48. The van der Waals surface area contributed by atoms with Crippen LogP contribution < -0.4 is 10.2 Å². The van der Waals surface area contributed by atoms with E-state index in [0.717, 1.165) is 12.1 Å². The third-order valence-corrected chi connectivity index (χ3v) is 5.27. The molecule has 1 N–H and O–H groups in total. The van der Waals surface area contributed by atoms with Crippen molar-refractivity contribution in [3.63, 3.8) is 0 Å². The number of nitrogens with zero attached hydrogens (tertiary/aromatic N) is 5. The monoisotopic (exact) mass is 444 g/mol. The van der Waals surface area contributed by atoms with E-state index in [4.69, 9.17) is 5.26 Å². The number of alkyl halides is 2. The summed E-state index contributed by atoms with van der Waals surface area (Å²) in [5, 5.41) is 11.8. The number of rotatable bonds is 6. The summed E-state index contributed by atoms with van der Waals surface area (Å²) in [6, 6.07) is 10.3. The maximum absolute atomic E-state index is 14.0. The molecule has 1 aliphatic heterocycles. The SMILES string of the molecule is N#Cc1ccc2nc(NCC(F)F)c(N3CCN(Cc4cc(F)ccc4F)CC3)nc2c1. The Bertz CT molecular complexity index is 1160. The number of fused-ring (bicyclic) bond motifs is 1. The van der Waals surface area contributed by atoms with Crippen molar-refractivity contribution in [3.8, 4) is 6.07 Å². The smallest absolute Gasteiger partial charge is 0.255 e. The zero-order valence-corrected chi connectivity index (χ0v) is 17.0. The minimum absolute atomic E-state index is 0.243. The van der Waals surface area contributed by atoms with Crippen LogP contribution in [-0.4, -0.2) is 54.0 Å². The minimum Gasteiger partial charge on any atom is -0.361 e. The van der Waals surface area contributed by atoms with Gasteiger partial charge in [-0.1, -0.05) is 0 Å². The van der Waals surface area contributed by atoms with Gasteiger partial charge in [0.05, 0.1) is 29.2 Å². The van der Waals surface area contributed by atoms with E-state index in [0.29, 0.717) is 48.6 Å². The molecule has 166 valence electrons. The van der Waals surface area contributed by atoms with Crippen molar-refractivity contribution in [1.29, 1.82) is 5.26 Å². The fourth-order valence-corrected chi connectivity index (χ4v) is 3.65. The van der Waals surface area contributed by atoms with E-state index in [1.54, 1.807) is 18.2 Å². The van der Waals surface area contributed by atoms with E-state index in [1.807, 2.05) is 9.80 Å². The Kier molecular flexibility index (Phi) is 6.37. The lowest BCUT2D eigenvalue weighted by Crippen LogP contribution is -2.46. The van der Waals surface area contributed by atoms with E-state index < -0.39 is 24.6 Å².